The van der Waals surface area contributed by atoms with E-state index in [0.717, 1.165) is 36.8 Å². The Kier molecular flexibility index (Phi) is 3.13. The van der Waals surface area contributed by atoms with Crippen molar-refractivity contribution in [2.45, 2.75) is 63.3 Å². The van der Waals surface area contributed by atoms with Crippen LogP contribution in [0.1, 0.15) is 46.0 Å². The minimum absolute atomic E-state index is 0.205. The number of hydrogen-bond donors (Lipinski definition) is 4. The van der Waals surface area contributed by atoms with Gasteiger partial charge in [-0.3, -0.25) is 0 Å². The second-order valence-corrected chi connectivity index (χ2v) is 10.8. The van der Waals surface area contributed by atoms with E-state index in [1.165, 1.54) is 0 Å². The first kappa shape index (κ1) is 17.7. The SMILES string of the molecule is C[C@]12CCC3C(C1[C@@H]1C=C1[C@@]2(O)C#CCO)[C@H]1C=C1[C@]1(O)C[C@@H](O)CC[C@]31C. The predicted molar refractivity (Wildman–Crippen MR) is 104 cm³/mol. The van der Waals surface area contributed by atoms with E-state index in [1.807, 2.05) is 0 Å². The first-order chi connectivity index (χ1) is 13.2. The van der Waals surface area contributed by atoms with E-state index in [9.17, 15) is 20.4 Å². The Morgan fingerprint density at radius 1 is 1.04 bits per heavy atom. The molecule has 4 heteroatoms. The highest BCUT2D eigenvalue weighted by Crippen LogP contribution is 2.78. The molecule has 10 atom stereocenters. The second kappa shape index (κ2) is 4.95. The first-order valence-corrected chi connectivity index (χ1v) is 10.9. The summed E-state index contributed by atoms with van der Waals surface area (Å²) in [5.41, 5.74) is -0.277. The molecule has 4 N–H and O–H groups in total. The molecule has 4 saturated carbocycles. The van der Waals surface area contributed by atoms with Crippen LogP contribution in [0.25, 0.3) is 0 Å². The molecule has 0 aliphatic heterocycles. The molecule has 6 aliphatic carbocycles. The molecule has 0 aromatic carbocycles. The zero-order valence-electron chi connectivity index (χ0n) is 16.7. The monoisotopic (exact) mass is 382 g/mol. The zero-order valence-corrected chi connectivity index (χ0v) is 16.7. The van der Waals surface area contributed by atoms with Crippen LogP contribution in [0.5, 0.6) is 0 Å². The smallest absolute Gasteiger partial charge is 0.153 e. The molecule has 0 aromatic heterocycles. The van der Waals surface area contributed by atoms with Crippen LogP contribution < -0.4 is 0 Å². The van der Waals surface area contributed by atoms with Crippen molar-refractivity contribution < 1.29 is 20.4 Å². The van der Waals surface area contributed by atoms with Crippen LogP contribution >= 0.6 is 0 Å². The predicted octanol–water partition coefficient (Wildman–Crippen LogP) is 1.78. The lowest BCUT2D eigenvalue weighted by atomic mass is 9.42. The number of aliphatic hydroxyl groups excluding tert-OH is 2. The molecule has 0 radical (unpaired) electrons. The molecule has 6 aliphatic rings. The van der Waals surface area contributed by atoms with E-state index >= 15 is 0 Å². The number of fused-ring (bicyclic) bond motifs is 10. The molecule has 4 fully saturated rings. The van der Waals surface area contributed by atoms with Gasteiger partial charge in [-0.2, -0.15) is 0 Å². The maximum atomic E-state index is 11.7. The summed E-state index contributed by atoms with van der Waals surface area (Å²) in [5, 5.41) is 42.8. The average molecular weight is 383 g/mol. The molecule has 0 heterocycles. The summed E-state index contributed by atoms with van der Waals surface area (Å²) in [6.45, 7) is 4.22. The van der Waals surface area contributed by atoms with Gasteiger partial charge in [-0.25, -0.2) is 0 Å². The third-order valence-electron chi connectivity index (χ3n) is 9.97. The van der Waals surface area contributed by atoms with Crippen molar-refractivity contribution in [3.63, 3.8) is 0 Å². The summed E-state index contributed by atoms with van der Waals surface area (Å²) in [5.74, 6) is 7.56. The highest BCUT2D eigenvalue weighted by molar-refractivity contribution is 5.56. The quantitative estimate of drug-likeness (QED) is 0.380. The van der Waals surface area contributed by atoms with Crippen molar-refractivity contribution in [1.82, 2.24) is 0 Å². The van der Waals surface area contributed by atoms with Crippen molar-refractivity contribution >= 4 is 0 Å². The summed E-state index contributed by atoms with van der Waals surface area (Å²) in [7, 11) is 0. The molecule has 3 unspecified atom stereocenters. The van der Waals surface area contributed by atoms with Crippen LogP contribution in [0.2, 0.25) is 0 Å². The fourth-order valence-electron chi connectivity index (χ4n) is 8.45. The van der Waals surface area contributed by atoms with Crippen LogP contribution in [0.4, 0.5) is 0 Å². The van der Waals surface area contributed by atoms with Gasteiger partial charge in [0.15, 0.2) is 5.60 Å². The number of allylic oxidation sites excluding steroid dienone is 2. The van der Waals surface area contributed by atoms with Crippen LogP contribution in [0.15, 0.2) is 23.3 Å². The molecular weight excluding hydrogens is 352 g/mol. The largest absolute Gasteiger partial charge is 0.393 e. The molecule has 0 bridgehead atoms. The van der Waals surface area contributed by atoms with E-state index in [1.54, 1.807) is 0 Å². The zero-order chi connectivity index (χ0) is 19.7. The van der Waals surface area contributed by atoms with Gasteiger partial charge >= 0.3 is 0 Å². The van der Waals surface area contributed by atoms with Gasteiger partial charge < -0.3 is 20.4 Å². The van der Waals surface area contributed by atoms with Crippen LogP contribution in [-0.2, 0) is 0 Å². The standard InChI is InChI=1S/C24H30O4/c1-21-7-4-13(26)12-24(21,28)17-10-14(17)19-16(21)5-8-22(2)20(19)15-11-18(15)23(22,27)6-3-9-25/h10-11,13-16,19-20,25-28H,4-5,7-9,12H2,1-2H3/t13-,14-,15+,16?,19?,20?,21+,22-,23-,24+/m0/s1. The van der Waals surface area contributed by atoms with E-state index < -0.39 is 17.3 Å². The van der Waals surface area contributed by atoms with Gasteiger partial charge in [0.2, 0.25) is 0 Å². The van der Waals surface area contributed by atoms with Crippen LogP contribution in [0.3, 0.4) is 0 Å². The van der Waals surface area contributed by atoms with Crippen molar-refractivity contribution in [3.05, 3.63) is 23.3 Å². The molecule has 150 valence electrons. The minimum atomic E-state index is -1.12. The summed E-state index contributed by atoms with van der Waals surface area (Å²) in [6, 6.07) is 0. The van der Waals surface area contributed by atoms with Crippen LogP contribution in [0, 0.1) is 52.3 Å². The topological polar surface area (TPSA) is 80.9 Å². The van der Waals surface area contributed by atoms with Crippen molar-refractivity contribution in [2.75, 3.05) is 6.61 Å². The van der Waals surface area contributed by atoms with Crippen molar-refractivity contribution in [2.24, 2.45) is 40.4 Å². The lowest BCUT2D eigenvalue weighted by Crippen LogP contribution is -2.64. The summed E-state index contributed by atoms with van der Waals surface area (Å²) in [6.07, 6.45) is 8.00. The van der Waals surface area contributed by atoms with E-state index in [2.05, 4.69) is 37.8 Å². The van der Waals surface area contributed by atoms with Crippen molar-refractivity contribution in [1.29, 1.82) is 0 Å². The Labute approximate surface area is 166 Å². The maximum absolute atomic E-state index is 11.7. The Morgan fingerprint density at radius 3 is 2.50 bits per heavy atom. The lowest BCUT2D eigenvalue weighted by molar-refractivity contribution is -0.198. The second-order valence-electron chi connectivity index (χ2n) is 10.8. The normalized spacial score (nSPS) is 59.9. The molecule has 0 aromatic rings. The Balaban J connectivity index is 1.43. The Bertz CT molecular complexity index is 894. The fraction of sp³-hybridized carbons (Fsp3) is 0.750. The third-order valence-corrected chi connectivity index (χ3v) is 9.97. The molecular formula is C24H30O4. The van der Waals surface area contributed by atoms with Crippen molar-refractivity contribution in [3.8, 4) is 11.8 Å². The molecule has 0 saturated heterocycles. The molecule has 4 nitrogen and oxygen atoms in total. The molecule has 6 rings (SSSR count). The first-order valence-electron chi connectivity index (χ1n) is 10.9. The highest BCUT2D eigenvalue weighted by Gasteiger charge is 2.77. The maximum Gasteiger partial charge on any atom is 0.153 e. The van der Waals surface area contributed by atoms with Gasteiger partial charge in [0.1, 0.15) is 6.61 Å². The lowest BCUT2D eigenvalue weighted by Gasteiger charge is -2.63. The summed E-state index contributed by atoms with van der Waals surface area (Å²) >= 11 is 0. The molecule has 0 spiro atoms. The van der Waals surface area contributed by atoms with E-state index in [4.69, 9.17) is 0 Å². The summed E-state index contributed by atoms with van der Waals surface area (Å²) < 4.78 is 0. The fourth-order valence-corrected chi connectivity index (χ4v) is 8.45. The van der Waals surface area contributed by atoms with Gasteiger partial charge in [-0.05, 0) is 54.6 Å². The van der Waals surface area contributed by atoms with Gasteiger partial charge in [0.05, 0.1) is 11.7 Å². The van der Waals surface area contributed by atoms with E-state index in [0.29, 0.717) is 36.0 Å². The summed E-state index contributed by atoms with van der Waals surface area (Å²) in [4.78, 5) is 0. The molecule has 28 heavy (non-hydrogen) atoms. The van der Waals surface area contributed by atoms with Gasteiger partial charge in [-0.15, -0.1) is 0 Å². The van der Waals surface area contributed by atoms with Gasteiger partial charge in [-0.1, -0.05) is 37.8 Å². The van der Waals surface area contributed by atoms with E-state index in [-0.39, 0.29) is 17.4 Å². The molecule has 0 amide bonds. The average Bonchev–Trinajstić information content (AvgIpc) is 3.54. The third kappa shape index (κ3) is 1.72. The van der Waals surface area contributed by atoms with Crippen LogP contribution in [-0.4, -0.2) is 44.3 Å². The Morgan fingerprint density at radius 2 is 1.75 bits per heavy atom. The Hall–Kier alpha value is -1.12. The van der Waals surface area contributed by atoms with Gasteiger partial charge in [0, 0.05) is 29.1 Å². The number of rotatable bonds is 0. The number of aliphatic hydroxyl groups is 4. The number of hydrogen-bond acceptors (Lipinski definition) is 4. The highest BCUT2D eigenvalue weighted by atomic mass is 16.3. The minimum Gasteiger partial charge on any atom is -0.393 e. The van der Waals surface area contributed by atoms with Gasteiger partial charge in [0.25, 0.3) is 0 Å².